The van der Waals surface area contributed by atoms with Crippen LogP contribution in [0.15, 0.2) is 109 Å². The van der Waals surface area contributed by atoms with Gasteiger partial charge in [-0.1, -0.05) is 0 Å². The quantitative estimate of drug-likeness (QED) is 0.278. The van der Waals surface area contributed by atoms with Crippen molar-refractivity contribution in [1.82, 2.24) is 0 Å². The van der Waals surface area contributed by atoms with Crippen molar-refractivity contribution >= 4 is 40.2 Å². The Hall–Kier alpha value is -2.80. The van der Waals surface area contributed by atoms with E-state index < -0.39 is 6.60 Å². The topological polar surface area (TPSA) is 18.5 Å². The molecule has 182 valence electrons. The molecule has 35 heavy (non-hydrogen) atoms. The summed E-state index contributed by atoms with van der Waals surface area (Å²) in [5, 5.41) is 5.29. The molecule has 0 aliphatic heterocycles. The predicted octanol–water partition coefficient (Wildman–Crippen LogP) is 6.22. The number of methoxy groups -OCH3 is 1. The number of benzene rings is 4. The summed E-state index contributed by atoms with van der Waals surface area (Å²) in [5.41, 5.74) is 0. The first-order valence-corrected chi connectivity index (χ1v) is 14.9. The number of ether oxygens (including phenoxy) is 2. The van der Waals surface area contributed by atoms with Gasteiger partial charge in [-0.05, 0) is 0 Å². The molecule has 0 unspecified atom stereocenters. The first-order valence-electron chi connectivity index (χ1n) is 12.2. The summed E-state index contributed by atoms with van der Waals surface area (Å²) in [5.74, 6) is 1.65. The largest absolute Gasteiger partial charge is 0.147 e. The van der Waals surface area contributed by atoms with E-state index in [1.165, 1.54) is 34.1 Å². The van der Waals surface area contributed by atoms with E-state index in [0.717, 1.165) is 24.3 Å². The summed E-state index contributed by atoms with van der Waals surface area (Å²) >= 11 is 0. The third-order valence-corrected chi connectivity index (χ3v) is 13.9. The molecule has 1 saturated carbocycles. The van der Waals surface area contributed by atoms with Crippen LogP contribution in [-0.2, 0) is 0 Å². The van der Waals surface area contributed by atoms with Gasteiger partial charge in [-0.15, -0.1) is 12.4 Å². The van der Waals surface area contributed by atoms with E-state index >= 15 is 0 Å². The Labute approximate surface area is 215 Å². The second kappa shape index (κ2) is 10.4. The molecule has 0 N–H and O–H groups in total. The van der Waals surface area contributed by atoms with Crippen LogP contribution in [-0.4, -0.2) is 19.9 Å². The van der Waals surface area contributed by atoms with Crippen molar-refractivity contribution in [3.63, 3.8) is 0 Å². The molecule has 0 atom stereocenters. The van der Waals surface area contributed by atoms with Crippen LogP contribution in [0, 0.1) is 0 Å². The molecule has 0 amide bonds. The molecule has 0 bridgehead atoms. The second-order valence-electron chi connectivity index (χ2n) is 9.43. The van der Waals surface area contributed by atoms with Crippen molar-refractivity contribution in [3.8, 4) is 11.5 Å². The smallest absolute Gasteiger partial charge is 0.147 e. The fraction of sp³-hybridized carbons (Fsp3) is 0.226. The third kappa shape index (κ3) is 4.24. The van der Waals surface area contributed by atoms with Crippen LogP contribution in [0.2, 0.25) is 0 Å². The molecule has 0 spiro atoms. The summed E-state index contributed by atoms with van der Waals surface area (Å²) in [6.45, 7) is -0.605. The molecule has 2 nitrogen and oxygen atoms in total. The maximum Gasteiger partial charge on any atom is -0.147 e. The van der Waals surface area contributed by atoms with Gasteiger partial charge < -0.3 is 0 Å². The molecule has 4 aromatic carbocycles. The Morgan fingerprint density at radius 3 is 1.49 bits per heavy atom. The average Bonchev–Trinajstić information content (AvgIpc) is 3.43. The van der Waals surface area contributed by atoms with Gasteiger partial charge in [-0.3, -0.25) is 0 Å². The van der Waals surface area contributed by atoms with E-state index in [0.29, 0.717) is 0 Å². The Kier molecular flexibility index (Phi) is 7.55. The fourth-order valence-corrected chi connectivity index (χ4v) is 11.0. The van der Waals surface area contributed by atoms with Gasteiger partial charge in [0.1, 0.15) is 0 Å². The Bertz CT molecular complexity index is 1140. The molecule has 0 heterocycles. The summed E-state index contributed by atoms with van der Waals surface area (Å²) in [6, 6.07) is 39.6. The molecule has 1 aliphatic carbocycles. The van der Waals surface area contributed by atoms with E-state index in [9.17, 15) is 0 Å². The number of rotatable bonds is 7. The zero-order chi connectivity index (χ0) is 23.5. The van der Waals surface area contributed by atoms with Crippen LogP contribution < -0.4 is 30.7 Å². The van der Waals surface area contributed by atoms with Crippen LogP contribution in [0.1, 0.15) is 25.7 Å². The van der Waals surface area contributed by atoms with Crippen molar-refractivity contribution in [2.75, 3.05) is 13.8 Å². The van der Waals surface area contributed by atoms with Crippen LogP contribution in [0.25, 0.3) is 0 Å². The monoisotopic (exact) mass is 504 g/mol. The van der Waals surface area contributed by atoms with E-state index in [2.05, 4.69) is 116 Å². The van der Waals surface area contributed by atoms with Crippen molar-refractivity contribution in [1.29, 1.82) is 0 Å². The Morgan fingerprint density at radius 1 is 0.600 bits per heavy atom. The molecule has 4 heteroatoms. The zero-order valence-corrected chi connectivity index (χ0v) is 22.2. The Balaban J connectivity index is 0.00000289. The maximum atomic E-state index is 6.58. The molecular formula is C31H34ClO2P. The summed E-state index contributed by atoms with van der Waals surface area (Å²) in [7, 11) is 1.73. The zero-order valence-electron chi connectivity index (χ0n) is 20.5. The molecule has 0 aromatic heterocycles. The van der Waals surface area contributed by atoms with Gasteiger partial charge in [-0.2, -0.15) is 0 Å². The standard InChI is InChI=1S/C31H33O2P.ClH/c1-32-30-23-22-29(24-31(30)33-25-14-12-13-15-25)34(2,26-16-6-3-7-17-26,27-18-8-4-9-19-27)28-20-10-5-11-21-28;/h3-11,16-25H,12-15H2,1-2H3;1H. The normalized spacial score (nSPS) is 15.0. The van der Waals surface area contributed by atoms with E-state index in [4.69, 9.17) is 9.47 Å². The van der Waals surface area contributed by atoms with Gasteiger partial charge in [0.05, 0.1) is 0 Å². The number of halogens is 1. The second-order valence-corrected chi connectivity index (χ2v) is 14.6. The van der Waals surface area contributed by atoms with Gasteiger partial charge in [0.15, 0.2) is 0 Å². The minimum atomic E-state index is -3.08. The van der Waals surface area contributed by atoms with E-state index in [-0.39, 0.29) is 18.5 Å². The summed E-state index contributed by atoms with van der Waals surface area (Å²) in [4.78, 5) is 0. The van der Waals surface area contributed by atoms with Gasteiger partial charge in [-0.25, -0.2) is 0 Å². The van der Waals surface area contributed by atoms with Gasteiger partial charge in [0.2, 0.25) is 0 Å². The van der Waals surface area contributed by atoms with Crippen molar-refractivity contribution in [3.05, 3.63) is 109 Å². The van der Waals surface area contributed by atoms with Gasteiger partial charge in [0.25, 0.3) is 0 Å². The number of hydrogen-bond donors (Lipinski definition) is 0. The predicted molar refractivity (Wildman–Crippen MR) is 154 cm³/mol. The molecule has 4 aromatic rings. The number of hydrogen-bond acceptors (Lipinski definition) is 2. The third-order valence-electron chi connectivity index (χ3n) is 7.59. The molecule has 0 radical (unpaired) electrons. The SMILES string of the molecule is COc1ccc(P(C)(c2ccccc2)(c2ccccc2)c2ccccc2)cc1OC1CCCC1.Cl. The first-order chi connectivity index (χ1) is 16.6. The van der Waals surface area contributed by atoms with Gasteiger partial charge >= 0.3 is 204 Å². The Morgan fingerprint density at radius 2 is 1.06 bits per heavy atom. The minimum absolute atomic E-state index is 0. The van der Waals surface area contributed by atoms with Crippen molar-refractivity contribution in [2.24, 2.45) is 0 Å². The molecular weight excluding hydrogens is 471 g/mol. The summed E-state index contributed by atoms with van der Waals surface area (Å²) < 4.78 is 12.3. The molecule has 1 aliphatic rings. The van der Waals surface area contributed by atoms with Crippen LogP contribution in [0.4, 0.5) is 0 Å². The van der Waals surface area contributed by atoms with Crippen LogP contribution in [0.5, 0.6) is 11.5 Å². The molecule has 0 saturated heterocycles. The van der Waals surface area contributed by atoms with E-state index in [1.807, 2.05) is 0 Å². The minimum Gasteiger partial charge on any atom is -0.147 e. The van der Waals surface area contributed by atoms with Crippen LogP contribution in [0.3, 0.4) is 0 Å². The fourth-order valence-electron chi connectivity index (χ4n) is 5.59. The molecule has 5 rings (SSSR count). The summed E-state index contributed by atoms with van der Waals surface area (Å²) in [6.07, 6.45) is 4.95. The maximum absolute atomic E-state index is 6.58. The first kappa shape index (κ1) is 25.3. The van der Waals surface area contributed by atoms with Crippen LogP contribution >= 0.6 is 19.0 Å². The van der Waals surface area contributed by atoms with Crippen molar-refractivity contribution in [2.45, 2.75) is 31.8 Å². The van der Waals surface area contributed by atoms with Crippen molar-refractivity contribution < 1.29 is 9.47 Å². The van der Waals surface area contributed by atoms with Gasteiger partial charge in [0, 0.05) is 0 Å². The van der Waals surface area contributed by atoms with E-state index in [1.54, 1.807) is 7.11 Å². The average molecular weight is 505 g/mol. The molecule has 1 fully saturated rings.